The molecule has 7 nitrogen and oxygen atoms in total. The number of rotatable bonds is 9. The van der Waals surface area contributed by atoms with Crippen LogP contribution < -0.4 is 20.1 Å². The Kier molecular flexibility index (Phi) is 9.10. The summed E-state index contributed by atoms with van der Waals surface area (Å²) in [6.45, 7) is 2.71. The second-order valence-electron chi connectivity index (χ2n) is 8.92. The number of aromatic nitrogens is 1. The van der Waals surface area contributed by atoms with E-state index in [-0.39, 0.29) is 24.4 Å². The number of thiophene rings is 1. The Bertz CT molecular complexity index is 1330. The van der Waals surface area contributed by atoms with Gasteiger partial charge in [0.15, 0.2) is 0 Å². The summed E-state index contributed by atoms with van der Waals surface area (Å²) in [6, 6.07) is 17.5. The molecule has 0 unspecified atom stereocenters. The Balaban J connectivity index is 0.00000320. The molecule has 0 saturated carbocycles. The summed E-state index contributed by atoms with van der Waals surface area (Å²) >= 11 is 1.63. The number of hydrogen-bond acceptors (Lipinski definition) is 6. The number of anilines is 1. The van der Waals surface area contributed by atoms with Gasteiger partial charge in [0.2, 0.25) is 0 Å². The van der Waals surface area contributed by atoms with Crippen molar-refractivity contribution in [2.45, 2.75) is 32.2 Å². The molecule has 1 aliphatic rings. The zero-order chi connectivity index (χ0) is 24.9. The Hall–Kier alpha value is -3.04. The summed E-state index contributed by atoms with van der Waals surface area (Å²) < 4.78 is 20.6. The number of piperidine rings is 1. The van der Waals surface area contributed by atoms with Gasteiger partial charge in [-0.2, -0.15) is 0 Å². The van der Waals surface area contributed by atoms with Crippen LogP contribution in [-0.4, -0.2) is 36.8 Å². The van der Waals surface area contributed by atoms with Crippen LogP contribution in [0.4, 0.5) is 5.69 Å². The summed E-state index contributed by atoms with van der Waals surface area (Å²) in [5.41, 5.74) is 4.23. The Morgan fingerprint density at radius 2 is 1.84 bits per heavy atom. The number of carbonyl (C=O) groups is 1. The molecule has 0 atom stereocenters. The van der Waals surface area contributed by atoms with Gasteiger partial charge in [-0.3, -0.25) is 4.79 Å². The molecule has 196 valence electrons. The van der Waals surface area contributed by atoms with E-state index in [0.29, 0.717) is 24.6 Å². The summed E-state index contributed by atoms with van der Waals surface area (Å²) in [7, 11) is 3.57. The van der Waals surface area contributed by atoms with Gasteiger partial charge in [0.25, 0.3) is 5.91 Å². The van der Waals surface area contributed by atoms with Gasteiger partial charge in [-0.15, -0.1) is 23.7 Å². The summed E-state index contributed by atoms with van der Waals surface area (Å²) in [6.07, 6.45) is 2.29. The summed E-state index contributed by atoms with van der Waals surface area (Å²) in [5.74, 6) is 1.43. The second kappa shape index (κ2) is 12.5. The molecule has 1 saturated heterocycles. The fourth-order valence-corrected chi connectivity index (χ4v) is 5.39. The van der Waals surface area contributed by atoms with Crippen LogP contribution in [0.15, 0.2) is 60.0 Å². The summed E-state index contributed by atoms with van der Waals surface area (Å²) in [4.78, 5) is 13.2. The van der Waals surface area contributed by atoms with Gasteiger partial charge in [0.05, 0.1) is 16.8 Å². The number of benzene rings is 2. The lowest BCUT2D eigenvalue weighted by Gasteiger charge is -2.23. The first kappa shape index (κ1) is 27.0. The smallest absolute Gasteiger partial charge is 0.272 e. The lowest BCUT2D eigenvalue weighted by molar-refractivity contribution is 0.101. The van der Waals surface area contributed by atoms with Crippen molar-refractivity contribution in [3.05, 3.63) is 76.8 Å². The molecule has 2 aromatic heterocycles. The standard InChI is InChI=1S/C28H31N3O4S.ClH/c1-31-25-12-15-36-27(25)16-26(31)28(32)30-24-5-3-4-19(17-33-2)23(24)18-34-20-6-8-21(9-7-20)35-22-10-13-29-14-11-22;/h3-9,12,15-16,22,29H,10-11,13-14,17-18H2,1-2H3,(H,30,32);1H. The topological polar surface area (TPSA) is 73.8 Å². The normalized spacial score (nSPS) is 13.8. The third kappa shape index (κ3) is 6.27. The minimum atomic E-state index is -0.156. The van der Waals surface area contributed by atoms with Crippen LogP contribution in [0.25, 0.3) is 10.2 Å². The summed E-state index contributed by atoms with van der Waals surface area (Å²) in [5, 5.41) is 8.47. The molecule has 37 heavy (non-hydrogen) atoms. The van der Waals surface area contributed by atoms with Crippen LogP contribution in [0, 0.1) is 0 Å². The van der Waals surface area contributed by atoms with Crippen LogP contribution in [0.3, 0.4) is 0 Å². The van der Waals surface area contributed by atoms with E-state index in [1.807, 2.05) is 71.6 Å². The van der Waals surface area contributed by atoms with Crippen molar-refractivity contribution in [3.63, 3.8) is 0 Å². The molecule has 1 aliphatic heterocycles. The van der Waals surface area contributed by atoms with E-state index in [4.69, 9.17) is 14.2 Å². The number of nitrogens with zero attached hydrogens (tertiary/aromatic N) is 1. The van der Waals surface area contributed by atoms with Gasteiger partial charge in [0.1, 0.15) is 29.9 Å². The van der Waals surface area contributed by atoms with Crippen molar-refractivity contribution < 1.29 is 19.0 Å². The van der Waals surface area contributed by atoms with E-state index < -0.39 is 0 Å². The zero-order valence-corrected chi connectivity index (χ0v) is 22.6. The molecule has 0 radical (unpaired) electrons. The highest BCUT2D eigenvalue weighted by molar-refractivity contribution is 7.17. The number of nitrogens with one attached hydrogen (secondary N) is 2. The van der Waals surface area contributed by atoms with E-state index in [1.165, 1.54) is 0 Å². The van der Waals surface area contributed by atoms with E-state index in [0.717, 1.165) is 58.8 Å². The third-order valence-electron chi connectivity index (χ3n) is 6.51. The third-order valence-corrected chi connectivity index (χ3v) is 7.37. The highest BCUT2D eigenvalue weighted by Gasteiger charge is 2.18. The molecular formula is C28H32ClN3O4S. The SMILES string of the molecule is COCc1cccc(NC(=O)c2cc3sccc3n2C)c1COc1ccc(OC2CCNCC2)cc1.Cl. The molecule has 4 aromatic rings. The molecule has 9 heteroatoms. The van der Waals surface area contributed by atoms with E-state index in [1.54, 1.807) is 18.4 Å². The quantitative estimate of drug-likeness (QED) is 0.281. The molecule has 0 spiro atoms. The monoisotopic (exact) mass is 541 g/mol. The van der Waals surface area contributed by atoms with Crippen molar-refractivity contribution in [3.8, 4) is 11.5 Å². The first-order valence-electron chi connectivity index (χ1n) is 12.2. The van der Waals surface area contributed by atoms with Crippen molar-refractivity contribution in [1.82, 2.24) is 9.88 Å². The fraction of sp³-hybridized carbons (Fsp3) is 0.321. The molecule has 2 aromatic carbocycles. The van der Waals surface area contributed by atoms with Crippen LogP contribution >= 0.6 is 23.7 Å². The Labute approximate surface area is 227 Å². The number of methoxy groups -OCH3 is 1. The number of ether oxygens (including phenoxy) is 3. The average molecular weight is 542 g/mol. The molecule has 5 rings (SSSR count). The Morgan fingerprint density at radius 3 is 2.57 bits per heavy atom. The number of carbonyl (C=O) groups excluding carboxylic acids is 1. The van der Waals surface area contributed by atoms with Crippen LogP contribution in [0.1, 0.15) is 34.5 Å². The molecule has 3 heterocycles. The highest BCUT2D eigenvalue weighted by atomic mass is 35.5. The van der Waals surface area contributed by atoms with Gasteiger partial charge in [-0.1, -0.05) is 12.1 Å². The number of amides is 1. The number of halogens is 1. The molecule has 0 aliphatic carbocycles. The van der Waals surface area contributed by atoms with Crippen molar-refractivity contribution in [2.24, 2.45) is 7.05 Å². The van der Waals surface area contributed by atoms with Crippen molar-refractivity contribution in [2.75, 3.05) is 25.5 Å². The van der Waals surface area contributed by atoms with Crippen LogP contribution in [0.2, 0.25) is 0 Å². The zero-order valence-electron chi connectivity index (χ0n) is 21.0. The van der Waals surface area contributed by atoms with Gasteiger partial charge < -0.3 is 29.4 Å². The highest BCUT2D eigenvalue weighted by Crippen LogP contribution is 2.28. The fourth-order valence-electron chi connectivity index (χ4n) is 4.54. The predicted molar refractivity (Wildman–Crippen MR) is 150 cm³/mol. The maximum atomic E-state index is 13.2. The lowest BCUT2D eigenvalue weighted by Crippen LogP contribution is -2.34. The van der Waals surface area contributed by atoms with Gasteiger partial charge >= 0.3 is 0 Å². The molecule has 1 fully saturated rings. The molecular weight excluding hydrogens is 510 g/mol. The van der Waals surface area contributed by atoms with E-state index >= 15 is 0 Å². The molecule has 2 N–H and O–H groups in total. The molecule has 0 bridgehead atoms. The minimum Gasteiger partial charge on any atom is -0.490 e. The van der Waals surface area contributed by atoms with Gasteiger partial charge in [0, 0.05) is 25.4 Å². The first-order valence-corrected chi connectivity index (χ1v) is 13.0. The predicted octanol–water partition coefficient (Wildman–Crippen LogP) is 5.77. The van der Waals surface area contributed by atoms with Crippen molar-refractivity contribution >= 4 is 45.6 Å². The lowest BCUT2D eigenvalue weighted by atomic mass is 10.1. The Morgan fingerprint density at radius 1 is 1.08 bits per heavy atom. The maximum absolute atomic E-state index is 13.2. The van der Waals surface area contributed by atoms with E-state index in [2.05, 4.69) is 10.6 Å². The van der Waals surface area contributed by atoms with Gasteiger partial charge in [-0.25, -0.2) is 0 Å². The van der Waals surface area contributed by atoms with Crippen LogP contribution in [0.5, 0.6) is 11.5 Å². The maximum Gasteiger partial charge on any atom is 0.272 e. The molecule has 1 amide bonds. The first-order chi connectivity index (χ1) is 17.6. The minimum absolute atomic E-state index is 0. The number of fused-ring (bicyclic) bond motifs is 1. The van der Waals surface area contributed by atoms with Crippen LogP contribution in [-0.2, 0) is 25.0 Å². The van der Waals surface area contributed by atoms with Gasteiger partial charge in [-0.05, 0) is 79.3 Å². The van der Waals surface area contributed by atoms with E-state index in [9.17, 15) is 4.79 Å². The van der Waals surface area contributed by atoms with Crippen molar-refractivity contribution in [1.29, 1.82) is 0 Å². The average Bonchev–Trinajstić information content (AvgIpc) is 3.48. The number of hydrogen-bond donors (Lipinski definition) is 2. The number of aryl methyl sites for hydroxylation is 1. The largest absolute Gasteiger partial charge is 0.490 e. The second-order valence-corrected chi connectivity index (χ2v) is 9.86.